The zero-order valence-electron chi connectivity index (χ0n) is 11.6. The Morgan fingerprint density at radius 1 is 1.11 bits per heavy atom. The fraction of sp³-hybridized carbons (Fsp3) is 0.625. The monoisotopic (exact) mass is 260 g/mol. The van der Waals surface area contributed by atoms with Gasteiger partial charge in [0, 0.05) is 13.1 Å². The third kappa shape index (κ3) is 2.32. The van der Waals surface area contributed by atoms with E-state index in [0.29, 0.717) is 0 Å². The first-order valence-electron chi connectivity index (χ1n) is 7.55. The number of nitrogens with zero attached hydrogens (tertiary/aromatic N) is 1. The molecule has 1 aliphatic heterocycles. The van der Waals surface area contributed by atoms with Crippen molar-refractivity contribution >= 4 is 5.69 Å². The Kier molecular flexibility index (Phi) is 3.65. The molecule has 0 saturated heterocycles. The van der Waals surface area contributed by atoms with Gasteiger partial charge in [-0.1, -0.05) is 31.4 Å². The summed E-state index contributed by atoms with van der Waals surface area (Å²) in [5.74, 6) is 1.03. The highest BCUT2D eigenvalue weighted by Crippen LogP contribution is 2.41. The second kappa shape index (κ2) is 5.41. The standard InChI is InChI=1S/C16H24N2O/c17-13-16(9-4-1-5-10-16)18-11-6-12-19-15-8-3-2-7-14(15)18/h2-3,7-8H,1,4-6,9-13,17H2. The molecule has 1 heterocycles. The minimum atomic E-state index is 0.155. The van der Waals surface area contributed by atoms with Gasteiger partial charge in [0.2, 0.25) is 0 Å². The van der Waals surface area contributed by atoms with Crippen LogP contribution in [0.5, 0.6) is 5.75 Å². The maximum absolute atomic E-state index is 6.19. The summed E-state index contributed by atoms with van der Waals surface area (Å²) in [7, 11) is 0. The van der Waals surface area contributed by atoms with Crippen LogP contribution < -0.4 is 15.4 Å². The van der Waals surface area contributed by atoms with Gasteiger partial charge in [0.05, 0.1) is 17.8 Å². The van der Waals surface area contributed by atoms with Gasteiger partial charge < -0.3 is 15.4 Å². The van der Waals surface area contributed by atoms with E-state index in [9.17, 15) is 0 Å². The number of hydrogen-bond acceptors (Lipinski definition) is 3. The molecule has 2 aliphatic rings. The second-order valence-electron chi connectivity index (χ2n) is 5.81. The highest BCUT2D eigenvalue weighted by Gasteiger charge is 2.38. The molecule has 0 bridgehead atoms. The van der Waals surface area contributed by atoms with Crippen molar-refractivity contribution in [2.45, 2.75) is 44.1 Å². The number of para-hydroxylation sites is 2. The normalized spacial score (nSPS) is 22.3. The predicted octanol–water partition coefficient (Wildman–Crippen LogP) is 2.94. The summed E-state index contributed by atoms with van der Waals surface area (Å²) < 4.78 is 5.88. The fourth-order valence-electron chi connectivity index (χ4n) is 3.61. The first kappa shape index (κ1) is 12.8. The lowest BCUT2D eigenvalue weighted by atomic mass is 9.79. The molecule has 3 heteroatoms. The number of anilines is 1. The van der Waals surface area contributed by atoms with E-state index in [-0.39, 0.29) is 5.54 Å². The van der Waals surface area contributed by atoms with Crippen molar-refractivity contribution in [3.8, 4) is 5.75 Å². The van der Waals surface area contributed by atoms with Gasteiger partial charge in [-0.05, 0) is 31.4 Å². The summed E-state index contributed by atoms with van der Waals surface area (Å²) in [6, 6.07) is 8.43. The van der Waals surface area contributed by atoms with Crippen LogP contribution >= 0.6 is 0 Å². The van der Waals surface area contributed by atoms with Crippen LogP contribution in [0.3, 0.4) is 0 Å². The minimum absolute atomic E-state index is 0.155. The zero-order valence-corrected chi connectivity index (χ0v) is 11.6. The lowest BCUT2D eigenvalue weighted by Crippen LogP contribution is -2.55. The van der Waals surface area contributed by atoms with Crippen LogP contribution in [-0.4, -0.2) is 25.2 Å². The third-order valence-electron chi connectivity index (χ3n) is 4.68. The van der Waals surface area contributed by atoms with E-state index in [1.165, 1.54) is 37.8 Å². The summed E-state index contributed by atoms with van der Waals surface area (Å²) >= 11 is 0. The molecule has 0 atom stereocenters. The Balaban J connectivity index is 1.98. The number of hydrogen-bond donors (Lipinski definition) is 1. The molecule has 0 unspecified atom stereocenters. The van der Waals surface area contributed by atoms with E-state index in [1.54, 1.807) is 0 Å². The molecule has 2 N–H and O–H groups in total. The van der Waals surface area contributed by atoms with Crippen LogP contribution in [0.2, 0.25) is 0 Å². The van der Waals surface area contributed by atoms with Gasteiger partial charge in [0.15, 0.2) is 0 Å². The number of ether oxygens (including phenoxy) is 1. The van der Waals surface area contributed by atoms with E-state index in [4.69, 9.17) is 10.5 Å². The Hall–Kier alpha value is -1.22. The molecular formula is C16H24N2O. The molecular weight excluding hydrogens is 236 g/mol. The number of nitrogens with two attached hydrogens (primary N) is 1. The van der Waals surface area contributed by atoms with Gasteiger partial charge in [-0.15, -0.1) is 0 Å². The summed E-state index contributed by atoms with van der Waals surface area (Å²) in [6.45, 7) is 2.63. The van der Waals surface area contributed by atoms with Crippen molar-refractivity contribution in [1.82, 2.24) is 0 Å². The molecule has 1 aliphatic carbocycles. The van der Waals surface area contributed by atoms with Gasteiger partial charge in [-0.2, -0.15) is 0 Å². The predicted molar refractivity (Wildman–Crippen MR) is 78.8 cm³/mol. The molecule has 3 nitrogen and oxygen atoms in total. The van der Waals surface area contributed by atoms with Crippen molar-refractivity contribution in [3.63, 3.8) is 0 Å². The highest BCUT2D eigenvalue weighted by molar-refractivity contribution is 5.61. The fourth-order valence-corrected chi connectivity index (χ4v) is 3.61. The van der Waals surface area contributed by atoms with E-state index < -0.39 is 0 Å². The SMILES string of the molecule is NCC1(N2CCCOc3ccccc32)CCCCC1. The molecule has 104 valence electrons. The number of benzene rings is 1. The largest absolute Gasteiger partial charge is 0.491 e. The molecule has 19 heavy (non-hydrogen) atoms. The summed E-state index contributed by atoms with van der Waals surface area (Å²) in [5, 5.41) is 0. The first-order valence-corrected chi connectivity index (χ1v) is 7.55. The number of fused-ring (bicyclic) bond motifs is 1. The summed E-state index contributed by atoms with van der Waals surface area (Å²) in [4.78, 5) is 2.55. The van der Waals surface area contributed by atoms with Gasteiger partial charge in [0.25, 0.3) is 0 Å². The molecule has 1 fully saturated rings. The van der Waals surface area contributed by atoms with Crippen molar-refractivity contribution < 1.29 is 4.74 Å². The molecule has 0 spiro atoms. The van der Waals surface area contributed by atoms with Crippen LogP contribution in [0.15, 0.2) is 24.3 Å². The van der Waals surface area contributed by atoms with Gasteiger partial charge >= 0.3 is 0 Å². The van der Waals surface area contributed by atoms with E-state index in [0.717, 1.165) is 31.9 Å². The van der Waals surface area contributed by atoms with Crippen LogP contribution in [0.1, 0.15) is 38.5 Å². The maximum atomic E-state index is 6.19. The van der Waals surface area contributed by atoms with E-state index in [1.807, 2.05) is 0 Å². The van der Waals surface area contributed by atoms with Crippen LogP contribution in [0.25, 0.3) is 0 Å². The molecule has 0 radical (unpaired) electrons. The quantitative estimate of drug-likeness (QED) is 0.888. The Labute approximate surface area is 115 Å². The van der Waals surface area contributed by atoms with E-state index in [2.05, 4.69) is 29.2 Å². The summed E-state index contributed by atoms with van der Waals surface area (Å²) in [5.41, 5.74) is 7.59. The van der Waals surface area contributed by atoms with Crippen LogP contribution in [-0.2, 0) is 0 Å². The molecule has 1 aromatic carbocycles. The highest BCUT2D eigenvalue weighted by atomic mass is 16.5. The Morgan fingerprint density at radius 2 is 1.89 bits per heavy atom. The average Bonchev–Trinajstić information content (AvgIpc) is 2.70. The smallest absolute Gasteiger partial charge is 0.142 e. The van der Waals surface area contributed by atoms with Crippen LogP contribution in [0, 0.1) is 0 Å². The molecule has 1 saturated carbocycles. The van der Waals surface area contributed by atoms with Crippen molar-refractivity contribution in [1.29, 1.82) is 0 Å². The second-order valence-corrected chi connectivity index (χ2v) is 5.81. The molecule has 0 amide bonds. The van der Waals surface area contributed by atoms with Gasteiger partial charge in [0.1, 0.15) is 5.75 Å². The van der Waals surface area contributed by atoms with Gasteiger partial charge in [-0.25, -0.2) is 0 Å². The maximum Gasteiger partial charge on any atom is 0.142 e. The van der Waals surface area contributed by atoms with Gasteiger partial charge in [-0.3, -0.25) is 0 Å². The van der Waals surface area contributed by atoms with Crippen molar-refractivity contribution in [2.24, 2.45) is 5.73 Å². The molecule has 0 aromatic heterocycles. The molecule has 3 rings (SSSR count). The first-order chi connectivity index (χ1) is 9.36. The Morgan fingerprint density at radius 3 is 2.68 bits per heavy atom. The minimum Gasteiger partial charge on any atom is -0.491 e. The van der Waals surface area contributed by atoms with Crippen molar-refractivity contribution in [2.75, 3.05) is 24.6 Å². The molecule has 1 aromatic rings. The summed E-state index contributed by atoms with van der Waals surface area (Å²) in [6.07, 6.45) is 7.48. The Bertz CT molecular complexity index is 427. The lowest BCUT2D eigenvalue weighted by molar-refractivity contribution is 0.279. The zero-order chi connectivity index (χ0) is 13.1. The average molecular weight is 260 g/mol. The lowest BCUT2D eigenvalue weighted by Gasteiger charge is -2.47. The number of rotatable bonds is 2. The topological polar surface area (TPSA) is 38.5 Å². The van der Waals surface area contributed by atoms with E-state index >= 15 is 0 Å². The third-order valence-corrected chi connectivity index (χ3v) is 4.68. The van der Waals surface area contributed by atoms with Crippen molar-refractivity contribution in [3.05, 3.63) is 24.3 Å². The van der Waals surface area contributed by atoms with Crippen LogP contribution in [0.4, 0.5) is 5.69 Å².